The highest BCUT2D eigenvalue weighted by Crippen LogP contribution is 2.18. The van der Waals surface area contributed by atoms with Gasteiger partial charge in [0.15, 0.2) is 6.10 Å². The van der Waals surface area contributed by atoms with Gasteiger partial charge in [-0.15, -0.1) is 0 Å². The van der Waals surface area contributed by atoms with E-state index in [0.29, 0.717) is 13.1 Å². The Morgan fingerprint density at radius 1 is 1.11 bits per heavy atom. The lowest BCUT2D eigenvalue weighted by Crippen LogP contribution is -2.45. The van der Waals surface area contributed by atoms with Gasteiger partial charge in [0.25, 0.3) is 5.91 Å². The monoisotopic (exact) mass is 399 g/mol. The van der Waals surface area contributed by atoms with Crippen LogP contribution in [0.1, 0.15) is 38.1 Å². The van der Waals surface area contributed by atoms with E-state index in [4.69, 9.17) is 10.5 Å². The average Bonchev–Trinajstić information content (AvgIpc) is 2.59. The predicted molar refractivity (Wildman–Crippen MR) is 98.3 cm³/mol. The van der Waals surface area contributed by atoms with E-state index in [-0.39, 0.29) is 10.5 Å². The molecule has 27 heavy (non-hydrogen) atoms. The first-order valence-electron chi connectivity index (χ1n) is 8.46. The van der Waals surface area contributed by atoms with Crippen LogP contribution >= 0.6 is 0 Å². The summed E-state index contributed by atoms with van der Waals surface area (Å²) >= 11 is 0. The van der Waals surface area contributed by atoms with Crippen LogP contribution in [-0.4, -0.2) is 49.8 Å². The van der Waals surface area contributed by atoms with E-state index in [1.54, 1.807) is 27.7 Å². The molecule has 1 aromatic carbocycles. The normalized spacial score (nSPS) is 12.7. The number of hydrogen-bond donors (Lipinski definition) is 2. The van der Waals surface area contributed by atoms with Crippen LogP contribution in [0.25, 0.3) is 0 Å². The molecule has 0 bridgehead atoms. The van der Waals surface area contributed by atoms with E-state index in [1.165, 1.54) is 28.6 Å². The SMILES string of the molecule is CCN(CC)S(=O)(=O)c1ccc(C(=O)O[C@@H](C(=O)NC(N)=O)C(C)C)cc1. The van der Waals surface area contributed by atoms with E-state index in [2.05, 4.69) is 0 Å². The summed E-state index contributed by atoms with van der Waals surface area (Å²) in [5.41, 5.74) is 4.98. The third-order valence-corrected chi connectivity index (χ3v) is 5.84. The third-order valence-electron chi connectivity index (χ3n) is 3.78. The van der Waals surface area contributed by atoms with Gasteiger partial charge >= 0.3 is 12.0 Å². The van der Waals surface area contributed by atoms with Crippen LogP contribution in [-0.2, 0) is 19.6 Å². The lowest BCUT2D eigenvalue weighted by molar-refractivity contribution is -0.130. The molecule has 3 amide bonds. The average molecular weight is 399 g/mol. The molecule has 0 aliphatic carbocycles. The standard InChI is InChI=1S/C17H25N3O6S/c1-5-20(6-2)27(24,25)13-9-7-12(8-10-13)16(22)26-14(11(3)4)15(21)19-17(18)23/h7-11,14H,5-6H2,1-4H3,(H3,18,19,21,23)/t14-/m1/s1. The molecule has 1 atom stereocenters. The molecule has 0 fully saturated rings. The Balaban J connectivity index is 2.99. The zero-order valence-corrected chi connectivity index (χ0v) is 16.6. The van der Waals surface area contributed by atoms with E-state index in [9.17, 15) is 22.8 Å². The number of carbonyl (C=O) groups is 3. The van der Waals surface area contributed by atoms with Gasteiger partial charge in [0.2, 0.25) is 10.0 Å². The van der Waals surface area contributed by atoms with Gasteiger partial charge in [-0.2, -0.15) is 4.31 Å². The van der Waals surface area contributed by atoms with E-state index >= 15 is 0 Å². The highest BCUT2D eigenvalue weighted by atomic mass is 32.2. The maximum atomic E-state index is 12.4. The zero-order valence-electron chi connectivity index (χ0n) is 15.8. The number of nitrogens with two attached hydrogens (primary N) is 1. The van der Waals surface area contributed by atoms with Gasteiger partial charge in [0.1, 0.15) is 0 Å². The minimum atomic E-state index is -3.64. The molecule has 3 N–H and O–H groups in total. The Labute approximate surface area is 158 Å². The molecule has 0 aliphatic heterocycles. The number of sulfonamides is 1. The molecule has 1 aromatic rings. The Morgan fingerprint density at radius 3 is 2.04 bits per heavy atom. The van der Waals surface area contributed by atoms with Crippen LogP contribution < -0.4 is 11.1 Å². The summed E-state index contributed by atoms with van der Waals surface area (Å²) in [6.07, 6.45) is -1.22. The Morgan fingerprint density at radius 2 is 1.63 bits per heavy atom. The van der Waals surface area contributed by atoms with Crippen molar-refractivity contribution in [3.8, 4) is 0 Å². The molecule has 0 aliphatic rings. The number of nitrogens with zero attached hydrogens (tertiary/aromatic N) is 1. The lowest BCUT2D eigenvalue weighted by atomic mass is 10.1. The summed E-state index contributed by atoms with van der Waals surface area (Å²) in [4.78, 5) is 35.1. The second-order valence-corrected chi connectivity index (χ2v) is 7.98. The number of amides is 3. The number of rotatable bonds is 8. The van der Waals surface area contributed by atoms with Crippen molar-refractivity contribution in [1.82, 2.24) is 9.62 Å². The molecule has 0 spiro atoms. The summed E-state index contributed by atoms with van der Waals surface area (Å²) in [6, 6.07) is 4.17. The van der Waals surface area contributed by atoms with Gasteiger partial charge in [0.05, 0.1) is 10.5 Å². The smallest absolute Gasteiger partial charge is 0.338 e. The van der Waals surface area contributed by atoms with E-state index < -0.39 is 40.0 Å². The minimum Gasteiger partial charge on any atom is -0.448 e. The van der Waals surface area contributed by atoms with Crippen LogP contribution in [0.4, 0.5) is 4.79 Å². The zero-order chi connectivity index (χ0) is 20.8. The van der Waals surface area contributed by atoms with E-state index in [0.717, 1.165) is 0 Å². The molecular formula is C17H25N3O6S. The number of hydrogen-bond acceptors (Lipinski definition) is 6. The number of carbonyl (C=O) groups excluding carboxylic acids is 3. The Kier molecular flexibility index (Phi) is 7.92. The van der Waals surface area contributed by atoms with E-state index in [1.807, 2.05) is 5.32 Å². The maximum Gasteiger partial charge on any atom is 0.338 e. The van der Waals surface area contributed by atoms with Gasteiger partial charge in [-0.3, -0.25) is 10.1 Å². The minimum absolute atomic E-state index is 0.0506. The summed E-state index contributed by atoms with van der Waals surface area (Å²) in [7, 11) is -3.64. The third kappa shape index (κ3) is 5.76. The van der Waals surface area contributed by atoms with Crippen LogP contribution in [0.5, 0.6) is 0 Å². The van der Waals surface area contributed by atoms with Crippen molar-refractivity contribution in [2.75, 3.05) is 13.1 Å². The number of urea groups is 1. The van der Waals surface area contributed by atoms with Crippen molar-refractivity contribution in [1.29, 1.82) is 0 Å². The predicted octanol–water partition coefficient (Wildman–Crippen LogP) is 1.09. The Hall–Kier alpha value is -2.46. The lowest BCUT2D eigenvalue weighted by Gasteiger charge is -2.20. The molecule has 0 radical (unpaired) electrons. The summed E-state index contributed by atoms with van der Waals surface area (Å²) in [5.74, 6) is -2.05. The van der Waals surface area contributed by atoms with Crippen LogP contribution in [0.2, 0.25) is 0 Å². The Bertz CT molecular complexity index is 785. The number of ether oxygens (including phenoxy) is 1. The first-order chi connectivity index (χ1) is 12.5. The molecule has 0 saturated carbocycles. The number of esters is 1. The number of primary amides is 1. The maximum absolute atomic E-state index is 12.4. The fourth-order valence-electron chi connectivity index (χ4n) is 2.34. The largest absolute Gasteiger partial charge is 0.448 e. The highest BCUT2D eigenvalue weighted by Gasteiger charge is 2.28. The molecule has 150 valence electrons. The van der Waals surface area contributed by atoms with Crippen LogP contribution in [0.3, 0.4) is 0 Å². The summed E-state index contributed by atoms with van der Waals surface area (Å²) in [5, 5.41) is 1.87. The molecule has 0 saturated heterocycles. The molecule has 10 heteroatoms. The van der Waals surface area contributed by atoms with Gasteiger partial charge in [-0.25, -0.2) is 18.0 Å². The molecule has 0 unspecified atom stereocenters. The molecule has 1 rings (SSSR count). The van der Waals surface area contributed by atoms with Crippen molar-refractivity contribution in [3.63, 3.8) is 0 Å². The molecule has 9 nitrogen and oxygen atoms in total. The van der Waals surface area contributed by atoms with Gasteiger partial charge in [-0.1, -0.05) is 27.7 Å². The van der Waals surface area contributed by atoms with Crippen molar-refractivity contribution < 1.29 is 27.5 Å². The van der Waals surface area contributed by atoms with Crippen molar-refractivity contribution in [2.45, 2.75) is 38.7 Å². The van der Waals surface area contributed by atoms with Crippen LogP contribution in [0, 0.1) is 5.92 Å². The second kappa shape index (κ2) is 9.47. The first kappa shape index (κ1) is 22.6. The molecule has 0 aromatic heterocycles. The van der Waals surface area contributed by atoms with Crippen molar-refractivity contribution in [2.24, 2.45) is 11.7 Å². The summed E-state index contributed by atoms with van der Waals surface area (Å²) in [6.45, 7) is 7.39. The highest BCUT2D eigenvalue weighted by molar-refractivity contribution is 7.89. The topological polar surface area (TPSA) is 136 Å². The first-order valence-corrected chi connectivity index (χ1v) is 9.90. The number of imide groups is 1. The van der Waals surface area contributed by atoms with Crippen molar-refractivity contribution >= 4 is 27.9 Å². The molecular weight excluding hydrogens is 374 g/mol. The van der Waals surface area contributed by atoms with Crippen LogP contribution in [0.15, 0.2) is 29.2 Å². The molecule has 0 heterocycles. The fraction of sp³-hybridized carbons (Fsp3) is 0.471. The fourth-order valence-corrected chi connectivity index (χ4v) is 3.80. The number of benzene rings is 1. The number of nitrogens with one attached hydrogen (secondary N) is 1. The second-order valence-electron chi connectivity index (χ2n) is 6.04. The van der Waals surface area contributed by atoms with Gasteiger partial charge in [0, 0.05) is 13.1 Å². The summed E-state index contributed by atoms with van der Waals surface area (Å²) < 4.78 is 31.3. The van der Waals surface area contributed by atoms with Crippen molar-refractivity contribution in [3.05, 3.63) is 29.8 Å². The van der Waals surface area contributed by atoms with Gasteiger partial charge in [-0.05, 0) is 30.2 Å². The van der Waals surface area contributed by atoms with Gasteiger partial charge < -0.3 is 10.5 Å². The quantitative estimate of drug-likeness (QED) is 0.628.